The second-order valence-electron chi connectivity index (χ2n) is 6.88. The third-order valence-corrected chi connectivity index (χ3v) is 5.15. The van der Waals surface area contributed by atoms with Crippen LogP contribution in [0.3, 0.4) is 0 Å². The molecule has 140 valence electrons. The Morgan fingerprint density at radius 1 is 1.22 bits per heavy atom. The average Bonchev–Trinajstić information content (AvgIpc) is 3.34. The number of carbonyl (C=O) groups excluding carboxylic acids is 3. The third-order valence-electron chi connectivity index (χ3n) is 5.15. The van der Waals surface area contributed by atoms with Gasteiger partial charge >= 0.3 is 6.03 Å². The summed E-state index contributed by atoms with van der Waals surface area (Å²) in [5.41, 5.74) is 2.93. The summed E-state index contributed by atoms with van der Waals surface area (Å²) in [6.45, 7) is 4.43. The van der Waals surface area contributed by atoms with Gasteiger partial charge in [0.1, 0.15) is 12.3 Å². The number of imide groups is 1. The summed E-state index contributed by atoms with van der Waals surface area (Å²) >= 11 is 0. The molecule has 2 saturated heterocycles. The minimum atomic E-state index is -0.447. The van der Waals surface area contributed by atoms with Crippen LogP contribution in [-0.2, 0) is 4.79 Å². The third kappa shape index (κ3) is 2.97. The summed E-state index contributed by atoms with van der Waals surface area (Å²) in [6.07, 6.45) is 1.80. The van der Waals surface area contributed by atoms with Gasteiger partial charge in [0.25, 0.3) is 5.91 Å². The van der Waals surface area contributed by atoms with E-state index < -0.39 is 6.03 Å². The molecule has 1 N–H and O–H groups in total. The lowest BCUT2D eigenvalue weighted by Gasteiger charge is -2.25. The standard InChI is InChI=1S/C19H20N4O4/c1-11-17(12(2)27-21-11)15-4-3-9-22(15)18(25)13-5-7-14(8-6-13)23-10-16(24)20-19(23)26/h5-8,15H,3-4,9-10H2,1-2H3,(H,20,24,26)/t15-/m1/s1. The minimum Gasteiger partial charge on any atom is -0.361 e. The number of nitrogens with one attached hydrogen (secondary N) is 1. The molecule has 2 aliphatic heterocycles. The molecule has 4 rings (SSSR count). The molecular weight excluding hydrogens is 348 g/mol. The summed E-state index contributed by atoms with van der Waals surface area (Å²) in [4.78, 5) is 39.4. The predicted octanol–water partition coefficient (Wildman–Crippen LogP) is 2.32. The van der Waals surface area contributed by atoms with E-state index in [1.165, 1.54) is 4.90 Å². The van der Waals surface area contributed by atoms with Crippen LogP contribution >= 0.6 is 0 Å². The number of hydrogen-bond acceptors (Lipinski definition) is 5. The highest BCUT2D eigenvalue weighted by Crippen LogP contribution is 2.36. The summed E-state index contributed by atoms with van der Waals surface area (Å²) in [7, 11) is 0. The number of anilines is 1. The van der Waals surface area contributed by atoms with Gasteiger partial charge in [-0.15, -0.1) is 0 Å². The van der Waals surface area contributed by atoms with Crippen LogP contribution in [0.2, 0.25) is 0 Å². The zero-order valence-corrected chi connectivity index (χ0v) is 15.2. The number of rotatable bonds is 3. The first-order chi connectivity index (χ1) is 13.0. The van der Waals surface area contributed by atoms with Gasteiger partial charge in [-0.1, -0.05) is 5.16 Å². The lowest BCUT2D eigenvalue weighted by atomic mass is 10.0. The van der Waals surface area contributed by atoms with Crippen LogP contribution < -0.4 is 10.2 Å². The van der Waals surface area contributed by atoms with Gasteiger partial charge in [-0.05, 0) is 51.0 Å². The molecule has 0 radical (unpaired) electrons. The molecular formula is C19H20N4O4. The fourth-order valence-electron chi connectivity index (χ4n) is 3.88. The molecule has 27 heavy (non-hydrogen) atoms. The smallest absolute Gasteiger partial charge is 0.329 e. The van der Waals surface area contributed by atoms with Gasteiger partial charge in [-0.2, -0.15) is 0 Å². The predicted molar refractivity (Wildman–Crippen MR) is 96.3 cm³/mol. The molecule has 8 heteroatoms. The number of urea groups is 1. The number of aryl methyl sites for hydroxylation is 2. The van der Waals surface area contributed by atoms with E-state index in [1.807, 2.05) is 18.7 Å². The van der Waals surface area contributed by atoms with Gasteiger partial charge in [0.2, 0.25) is 5.91 Å². The Labute approximate surface area is 156 Å². The van der Waals surface area contributed by atoms with Crippen molar-refractivity contribution in [2.45, 2.75) is 32.7 Å². The van der Waals surface area contributed by atoms with Crippen molar-refractivity contribution in [3.63, 3.8) is 0 Å². The number of carbonyl (C=O) groups is 3. The van der Waals surface area contributed by atoms with Crippen LogP contribution in [0.5, 0.6) is 0 Å². The SMILES string of the molecule is Cc1noc(C)c1[C@H]1CCCN1C(=O)c1ccc(N2CC(=O)NC2=O)cc1. The molecule has 2 aromatic rings. The van der Waals surface area contributed by atoms with Gasteiger partial charge in [0.15, 0.2) is 0 Å². The quantitative estimate of drug-likeness (QED) is 0.839. The number of benzene rings is 1. The zero-order chi connectivity index (χ0) is 19.1. The van der Waals surface area contributed by atoms with Crippen molar-refractivity contribution in [1.82, 2.24) is 15.4 Å². The highest BCUT2D eigenvalue weighted by Gasteiger charge is 2.34. The molecule has 1 aromatic carbocycles. The fourth-order valence-corrected chi connectivity index (χ4v) is 3.88. The Morgan fingerprint density at radius 2 is 1.96 bits per heavy atom. The summed E-state index contributed by atoms with van der Waals surface area (Å²) < 4.78 is 5.27. The van der Waals surface area contributed by atoms with E-state index in [-0.39, 0.29) is 24.4 Å². The first-order valence-electron chi connectivity index (χ1n) is 8.91. The maximum absolute atomic E-state index is 13.1. The van der Waals surface area contributed by atoms with E-state index in [0.717, 1.165) is 29.9 Å². The number of amides is 4. The van der Waals surface area contributed by atoms with Crippen LogP contribution in [0.25, 0.3) is 0 Å². The maximum atomic E-state index is 13.1. The second-order valence-corrected chi connectivity index (χ2v) is 6.88. The van der Waals surface area contributed by atoms with E-state index in [4.69, 9.17) is 4.52 Å². The normalized spacial score (nSPS) is 19.7. The average molecular weight is 368 g/mol. The van der Waals surface area contributed by atoms with Crippen molar-refractivity contribution in [2.75, 3.05) is 18.0 Å². The number of aromatic nitrogens is 1. The van der Waals surface area contributed by atoms with Crippen LogP contribution in [0.4, 0.5) is 10.5 Å². The Bertz CT molecular complexity index is 899. The molecule has 0 unspecified atom stereocenters. The van der Waals surface area contributed by atoms with Crippen LogP contribution in [0, 0.1) is 13.8 Å². The monoisotopic (exact) mass is 368 g/mol. The highest BCUT2D eigenvalue weighted by atomic mass is 16.5. The molecule has 0 aliphatic carbocycles. The van der Waals surface area contributed by atoms with Crippen molar-refractivity contribution in [3.05, 3.63) is 46.8 Å². The van der Waals surface area contributed by atoms with E-state index in [0.29, 0.717) is 17.8 Å². The second kappa shape index (κ2) is 6.53. The summed E-state index contributed by atoms with van der Waals surface area (Å²) in [5.74, 6) is 0.350. The first-order valence-corrected chi connectivity index (χ1v) is 8.91. The van der Waals surface area contributed by atoms with E-state index in [2.05, 4.69) is 10.5 Å². The summed E-state index contributed by atoms with van der Waals surface area (Å²) in [5, 5.41) is 6.25. The van der Waals surface area contributed by atoms with Crippen molar-refractivity contribution in [2.24, 2.45) is 0 Å². The lowest BCUT2D eigenvalue weighted by molar-refractivity contribution is -0.117. The molecule has 8 nitrogen and oxygen atoms in total. The first kappa shape index (κ1) is 17.3. The van der Waals surface area contributed by atoms with Crippen molar-refractivity contribution in [1.29, 1.82) is 0 Å². The van der Waals surface area contributed by atoms with Gasteiger partial charge in [0.05, 0.1) is 11.7 Å². The molecule has 1 atom stereocenters. The van der Waals surface area contributed by atoms with Crippen LogP contribution in [0.1, 0.15) is 46.3 Å². The molecule has 0 saturated carbocycles. The number of nitrogens with zero attached hydrogens (tertiary/aromatic N) is 3. The van der Waals surface area contributed by atoms with E-state index in [9.17, 15) is 14.4 Å². The Balaban J connectivity index is 1.56. The van der Waals surface area contributed by atoms with E-state index >= 15 is 0 Å². The summed E-state index contributed by atoms with van der Waals surface area (Å²) in [6, 6.07) is 6.27. The zero-order valence-electron chi connectivity index (χ0n) is 15.2. The highest BCUT2D eigenvalue weighted by molar-refractivity contribution is 6.12. The minimum absolute atomic E-state index is 0.00757. The molecule has 0 spiro atoms. The Kier molecular flexibility index (Phi) is 4.18. The van der Waals surface area contributed by atoms with Crippen LogP contribution in [0.15, 0.2) is 28.8 Å². The fraction of sp³-hybridized carbons (Fsp3) is 0.368. The topological polar surface area (TPSA) is 95.8 Å². The van der Waals surface area contributed by atoms with E-state index in [1.54, 1.807) is 24.3 Å². The van der Waals surface area contributed by atoms with Gasteiger partial charge in [-0.25, -0.2) is 4.79 Å². The Hall–Kier alpha value is -3.16. The largest absolute Gasteiger partial charge is 0.361 e. The van der Waals surface area contributed by atoms with Gasteiger partial charge < -0.3 is 9.42 Å². The number of likely N-dealkylation sites (tertiary alicyclic amines) is 1. The molecule has 2 aliphatic rings. The van der Waals surface area contributed by atoms with Crippen molar-refractivity contribution >= 4 is 23.5 Å². The van der Waals surface area contributed by atoms with Crippen LogP contribution in [-0.4, -0.2) is 41.0 Å². The van der Waals surface area contributed by atoms with Crippen molar-refractivity contribution in [3.8, 4) is 0 Å². The van der Waals surface area contributed by atoms with Gasteiger partial charge in [-0.3, -0.25) is 19.8 Å². The van der Waals surface area contributed by atoms with Crippen molar-refractivity contribution < 1.29 is 18.9 Å². The lowest BCUT2D eigenvalue weighted by Crippen LogP contribution is -2.31. The molecule has 2 fully saturated rings. The Morgan fingerprint density at radius 3 is 2.56 bits per heavy atom. The molecule has 3 heterocycles. The molecule has 0 bridgehead atoms. The number of hydrogen-bond donors (Lipinski definition) is 1. The molecule has 4 amide bonds. The molecule has 1 aromatic heterocycles. The van der Waals surface area contributed by atoms with Gasteiger partial charge in [0, 0.05) is 23.4 Å². The maximum Gasteiger partial charge on any atom is 0.329 e.